The predicted octanol–water partition coefficient (Wildman–Crippen LogP) is 6.68. The maximum absolute atomic E-state index is 13.7. The van der Waals surface area contributed by atoms with Crippen LogP contribution in [-0.2, 0) is 16.0 Å². The van der Waals surface area contributed by atoms with Gasteiger partial charge in [0.05, 0.1) is 10.9 Å². The molecule has 0 radical (unpaired) electrons. The molecule has 0 bridgehead atoms. The van der Waals surface area contributed by atoms with Crippen molar-refractivity contribution in [3.8, 4) is 6.07 Å². The SMILES string of the molecule is Cc1ccccc1NC(=O)/C(C#N)=C1\SC(Cc2cc(Cl)ccc2Cl)C(=O)N1c1ccccc1C. The molecule has 3 aromatic rings. The van der Waals surface area contributed by atoms with Crippen molar-refractivity contribution in [3.05, 3.63) is 104 Å². The van der Waals surface area contributed by atoms with Gasteiger partial charge < -0.3 is 5.32 Å². The Kier molecular flexibility index (Phi) is 7.51. The van der Waals surface area contributed by atoms with Gasteiger partial charge in [-0.15, -0.1) is 0 Å². The second-order valence-electron chi connectivity index (χ2n) is 8.07. The number of hydrogen-bond acceptors (Lipinski definition) is 4. The lowest BCUT2D eigenvalue weighted by atomic mass is 10.1. The third kappa shape index (κ3) is 5.23. The minimum Gasteiger partial charge on any atom is -0.321 e. The molecule has 0 aliphatic carbocycles. The van der Waals surface area contributed by atoms with Gasteiger partial charge in [0.1, 0.15) is 16.7 Å². The Labute approximate surface area is 218 Å². The van der Waals surface area contributed by atoms with Crippen molar-refractivity contribution in [3.63, 3.8) is 0 Å². The molecule has 0 aromatic heterocycles. The molecule has 1 atom stereocenters. The zero-order valence-corrected chi connectivity index (χ0v) is 21.3. The number of aryl methyl sites for hydroxylation is 2. The fourth-order valence-electron chi connectivity index (χ4n) is 3.82. The maximum atomic E-state index is 13.7. The number of thioether (sulfide) groups is 1. The highest BCUT2D eigenvalue weighted by atomic mass is 35.5. The summed E-state index contributed by atoms with van der Waals surface area (Å²) in [6, 6.07) is 21.8. The number of benzene rings is 3. The summed E-state index contributed by atoms with van der Waals surface area (Å²) < 4.78 is 0. The predicted molar refractivity (Wildman–Crippen MR) is 143 cm³/mol. The number of carbonyl (C=O) groups is 2. The molecule has 1 saturated heterocycles. The van der Waals surface area contributed by atoms with Crippen molar-refractivity contribution in [1.82, 2.24) is 0 Å². The van der Waals surface area contributed by atoms with Crippen LogP contribution in [-0.4, -0.2) is 17.1 Å². The average Bonchev–Trinajstić information content (AvgIpc) is 3.14. The third-order valence-corrected chi connectivity index (χ3v) is 7.53. The van der Waals surface area contributed by atoms with Gasteiger partial charge in [-0.1, -0.05) is 71.4 Å². The molecule has 4 rings (SSSR count). The monoisotopic (exact) mass is 521 g/mol. The summed E-state index contributed by atoms with van der Waals surface area (Å²) in [6.45, 7) is 3.75. The van der Waals surface area contributed by atoms with Crippen molar-refractivity contribution in [2.45, 2.75) is 25.5 Å². The fourth-order valence-corrected chi connectivity index (χ4v) is 5.50. The molecule has 5 nitrogen and oxygen atoms in total. The zero-order valence-electron chi connectivity index (χ0n) is 19.0. The van der Waals surface area contributed by atoms with Crippen LogP contribution < -0.4 is 10.2 Å². The van der Waals surface area contributed by atoms with Crippen LogP contribution >= 0.6 is 35.0 Å². The third-order valence-electron chi connectivity index (χ3n) is 5.67. The van der Waals surface area contributed by atoms with Gasteiger partial charge in [-0.25, -0.2) is 0 Å². The number of para-hydroxylation sites is 2. The Morgan fingerprint density at radius 3 is 2.43 bits per heavy atom. The lowest BCUT2D eigenvalue weighted by molar-refractivity contribution is -0.117. The van der Waals surface area contributed by atoms with Crippen LogP contribution in [0.4, 0.5) is 11.4 Å². The molecule has 8 heteroatoms. The number of carbonyl (C=O) groups excluding carboxylic acids is 2. The summed E-state index contributed by atoms with van der Waals surface area (Å²) >= 11 is 13.7. The molecule has 1 unspecified atom stereocenters. The number of nitriles is 1. The molecular formula is C27H21Cl2N3O2S. The van der Waals surface area contributed by atoms with Gasteiger partial charge in [-0.05, 0) is 67.3 Å². The van der Waals surface area contributed by atoms with E-state index in [2.05, 4.69) is 5.32 Å². The van der Waals surface area contributed by atoms with Gasteiger partial charge in [-0.2, -0.15) is 5.26 Å². The van der Waals surface area contributed by atoms with Crippen LogP contribution in [0.1, 0.15) is 16.7 Å². The van der Waals surface area contributed by atoms with E-state index in [1.165, 1.54) is 16.7 Å². The lowest BCUT2D eigenvalue weighted by Gasteiger charge is -2.21. The van der Waals surface area contributed by atoms with Gasteiger partial charge in [-0.3, -0.25) is 14.5 Å². The number of halogens is 2. The number of nitrogens with one attached hydrogen (secondary N) is 1. The largest absolute Gasteiger partial charge is 0.321 e. The molecule has 1 heterocycles. The number of hydrogen-bond donors (Lipinski definition) is 1. The van der Waals surface area contributed by atoms with E-state index in [0.29, 0.717) is 32.9 Å². The molecule has 35 heavy (non-hydrogen) atoms. The first-order valence-electron chi connectivity index (χ1n) is 10.8. The van der Waals surface area contributed by atoms with Crippen molar-refractivity contribution in [2.24, 2.45) is 0 Å². The van der Waals surface area contributed by atoms with E-state index in [-0.39, 0.29) is 11.5 Å². The van der Waals surface area contributed by atoms with Crippen LogP contribution in [0.2, 0.25) is 10.0 Å². The van der Waals surface area contributed by atoms with Gasteiger partial charge in [0.15, 0.2) is 0 Å². The smallest absolute Gasteiger partial charge is 0.269 e. The van der Waals surface area contributed by atoms with E-state index in [1.807, 2.05) is 50.2 Å². The Balaban J connectivity index is 1.77. The summed E-state index contributed by atoms with van der Waals surface area (Å²) in [5.74, 6) is -0.802. The zero-order chi connectivity index (χ0) is 25.1. The van der Waals surface area contributed by atoms with E-state index in [1.54, 1.807) is 36.4 Å². The molecular weight excluding hydrogens is 501 g/mol. The molecule has 0 saturated carbocycles. The van der Waals surface area contributed by atoms with Crippen molar-refractivity contribution >= 4 is 58.2 Å². The Morgan fingerprint density at radius 2 is 1.74 bits per heavy atom. The number of nitrogens with zero attached hydrogens (tertiary/aromatic N) is 2. The second-order valence-corrected chi connectivity index (χ2v) is 10.1. The van der Waals surface area contributed by atoms with Crippen LogP contribution in [0.3, 0.4) is 0 Å². The van der Waals surface area contributed by atoms with E-state index in [4.69, 9.17) is 23.2 Å². The molecule has 1 N–H and O–H groups in total. The first-order valence-corrected chi connectivity index (χ1v) is 12.4. The summed E-state index contributed by atoms with van der Waals surface area (Å²) in [5, 5.41) is 13.6. The van der Waals surface area contributed by atoms with Gasteiger partial charge in [0.25, 0.3) is 5.91 Å². The molecule has 1 aliphatic heterocycles. The highest BCUT2D eigenvalue weighted by molar-refractivity contribution is 8.05. The molecule has 0 spiro atoms. The quantitative estimate of drug-likeness (QED) is 0.300. The maximum Gasteiger partial charge on any atom is 0.269 e. The molecule has 3 aromatic carbocycles. The lowest BCUT2D eigenvalue weighted by Crippen LogP contribution is -2.31. The number of rotatable bonds is 5. The highest BCUT2D eigenvalue weighted by Crippen LogP contribution is 2.43. The summed E-state index contributed by atoms with van der Waals surface area (Å²) in [6.07, 6.45) is 0.299. The topological polar surface area (TPSA) is 73.2 Å². The molecule has 176 valence electrons. The standard InChI is InChI=1S/C27H21Cl2N3O2S/c1-16-7-3-5-9-22(16)31-25(33)20(15-30)27-32(23-10-6-4-8-17(23)2)26(34)24(35-27)14-18-13-19(28)11-12-21(18)29/h3-13,24H,14H2,1-2H3,(H,31,33)/b27-20-. The van der Waals surface area contributed by atoms with Gasteiger partial charge >= 0.3 is 0 Å². The fraction of sp³-hybridized carbons (Fsp3) is 0.148. The van der Waals surface area contributed by atoms with E-state index < -0.39 is 11.2 Å². The Hall–Kier alpha value is -3.24. The van der Waals surface area contributed by atoms with Gasteiger partial charge in [0, 0.05) is 15.7 Å². The van der Waals surface area contributed by atoms with Crippen LogP contribution in [0.25, 0.3) is 0 Å². The first kappa shape index (κ1) is 24.9. The van der Waals surface area contributed by atoms with Crippen molar-refractivity contribution in [1.29, 1.82) is 5.26 Å². The summed E-state index contributed by atoms with van der Waals surface area (Å²) in [4.78, 5) is 28.4. The second kappa shape index (κ2) is 10.6. The first-order chi connectivity index (χ1) is 16.8. The van der Waals surface area contributed by atoms with Crippen LogP contribution in [0.5, 0.6) is 0 Å². The van der Waals surface area contributed by atoms with Crippen molar-refractivity contribution < 1.29 is 9.59 Å². The van der Waals surface area contributed by atoms with Crippen LogP contribution in [0.15, 0.2) is 77.3 Å². The average molecular weight is 522 g/mol. The number of anilines is 2. The molecule has 1 fully saturated rings. The summed E-state index contributed by atoms with van der Waals surface area (Å²) in [7, 11) is 0. The van der Waals surface area contributed by atoms with Crippen LogP contribution in [0, 0.1) is 25.2 Å². The Bertz CT molecular complexity index is 1400. The van der Waals surface area contributed by atoms with E-state index in [0.717, 1.165) is 16.7 Å². The van der Waals surface area contributed by atoms with E-state index in [9.17, 15) is 14.9 Å². The summed E-state index contributed by atoms with van der Waals surface area (Å²) in [5.41, 5.74) is 3.52. The number of amides is 2. The minimum absolute atomic E-state index is 0.130. The van der Waals surface area contributed by atoms with E-state index >= 15 is 0 Å². The van der Waals surface area contributed by atoms with Crippen molar-refractivity contribution in [2.75, 3.05) is 10.2 Å². The Morgan fingerprint density at radius 1 is 1.06 bits per heavy atom. The molecule has 2 amide bonds. The minimum atomic E-state index is -0.588. The normalized spacial score (nSPS) is 16.7. The highest BCUT2D eigenvalue weighted by Gasteiger charge is 2.41. The van der Waals surface area contributed by atoms with Gasteiger partial charge in [0.2, 0.25) is 5.91 Å². The molecule has 1 aliphatic rings.